The SMILES string of the molecule is NC(=O)C1(C(N)=O)CC1c1ccc(Oc2ccnc3cc(-c4cnn(CCO)c4)ccc23)cc1. The average Bonchev–Trinajstić information content (AvgIpc) is 3.44. The molecule has 4 aromatic rings. The van der Waals surface area contributed by atoms with Gasteiger partial charge in [0.1, 0.15) is 16.9 Å². The molecular weight excluding hydrogens is 434 g/mol. The Labute approximate surface area is 195 Å². The number of nitrogens with two attached hydrogens (primary N) is 2. The molecule has 0 radical (unpaired) electrons. The van der Waals surface area contributed by atoms with E-state index in [1.54, 1.807) is 35.3 Å². The first-order chi connectivity index (χ1) is 16.4. The normalized spacial score (nSPS) is 16.3. The molecule has 9 heteroatoms. The molecule has 1 saturated carbocycles. The van der Waals surface area contributed by atoms with Crippen molar-refractivity contribution in [3.8, 4) is 22.6 Å². The van der Waals surface area contributed by atoms with Crippen LogP contribution in [0.4, 0.5) is 0 Å². The number of nitrogens with zero attached hydrogens (tertiary/aromatic N) is 3. The van der Waals surface area contributed by atoms with E-state index < -0.39 is 17.2 Å². The molecule has 5 N–H and O–H groups in total. The number of benzene rings is 2. The van der Waals surface area contributed by atoms with Crippen molar-refractivity contribution >= 4 is 22.7 Å². The summed E-state index contributed by atoms with van der Waals surface area (Å²) in [6.45, 7) is 0.468. The Balaban J connectivity index is 1.37. The largest absolute Gasteiger partial charge is 0.457 e. The zero-order chi connectivity index (χ0) is 23.9. The van der Waals surface area contributed by atoms with Crippen LogP contribution in [0.1, 0.15) is 17.9 Å². The number of aliphatic hydroxyl groups excluding tert-OH is 1. The molecule has 172 valence electrons. The standard InChI is InChI=1S/C25H23N5O4/c26-23(32)25(24(27)33)12-20(25)15-1-4-18(5-2-15)34-22-7-8-28-21-11-16(3-6-19(21)22)17-13-29-30(14-17)9-10-31/h1-8,11,13-14,20,31H,9-10,12H2,(H2,26,32)(H2,27,33). The molecule has 1 aliphatic rings. The lowest BCUT2D eigenvalue weighted by Gasteiger charge is -2.11. The smallest absolute Gasteiger partial charge is 0.233 e. The number of carbonyl (C=O) groups is 2. The van der Waals surface area contributed by atoms with E-state index in [1.165, 1.54) is 0 Å². The summed E-state index contributed by atoms with van der Waals surface area (Å²) in [5.41, 5.74) is 13.0. The van der Waals surface area contributed by atoms with Crippen molar-refractivity contribution in [3.05, 3.63) is 72.7 Å². The molecule has 5 rings (SSSR count). The lowest BCUT2D eigenvalue weighted by atomic mass is 9.97. The highest BCUT2D eigenvalue weighted by molar-refractivity contribution is 6.08. The molecule has 2 amide bonds. The van der Waals surface area contributed by atoms with Gasteiger partial charge in [0.25, 0.3) is 0 Å². The lowest BCUT2D eigenvalue weighted by Crippen LogP contribution is -2.38. The van der Waals surface area contributed by atoms with Crippen LogP contribution in [0, 0.1) is 5.41 Å². The molecule has 34 heavy (non-hydrogen) atoms. The van der Waals surface area contributed by atoms with Crippen LogP contribution >= 0.6 is 0 Å². The van der Waals surface area contributed by atoms with E-state index in [0.29, 0.717) is 24.5 Å². The third kappa shape index (κ3) is 3.65. The van der Waals surface area contributed by atoms with Gasteiger partial charge in [0, 0.05) is 29.3 Å². The molecule has 0 saturated heterocycles. The van der Waals surface area contributed by atoms with Crippen LogP contribution in [-0.4, -0.2) is 38.3 Å². The summed E-state index contributed by atoms with van der Waals surface area (Å²) in [5.74, 6) is -0.425. The van der Waals surface area contributed by atoms with Crippen LogP contribution < -0.4 is 16.2 Å². The third-order valence-electron chi connectivity index (χ3n) is 6.35. The summed E-state index contributed by atoms with van der Waals surface area (Å²) in [6.07, 6.45) is 5.64. The van der Waals surface area contributed by atoms with Crippen molar-refractivity contribution in [1.29, 1.82) is 0 Å². The van der Waals surface area contributed by atoms with E-state index in [9.17, 15) is 9.59 Å². The van der Waals surface area contributed by atoms with Gasteiger partial charge < -0.3 is 21.3 Å². The van der Waals surface area contributed by atoms with Gasteiger partial charge in [-0.1, -0.05) is 18.2 Å². The summed E-state index contributed by atoms with van der Waals surface area (Å²) in [6, 6.07) is 14.9. The summed E-state index contributed by atoms with van der Waals surface area (Å²) < 4.78 is 7.80. The van der Waals surface area contributed by atoms with Gasteiger partial charge in [-0.15, -0.1) is 0 Å². The molecule has 2 aromatic heterocycles. The second-order valence-electron chi connectivity index (χ2n) is 8.38. The van der Waals surface area contributed by atoms with Gasteiger partial charge in [-0.25, -0.2) is 0 Å². The highest BCUT2D eigenvalue weighted by Crippen LogP contribution is 2.59. The monoisotopic (exact) mass is 457 g/mol. The molecule has 0 aliphatic heterocycles. The van der Waals surface area contributed by atoms with Crippen LogP contribution in [0.25, 0.3) is 22.0 Å². The first-order valence-corrected chi connectivity index (χ1v) is 10.8. The first kappa shape index (κ1) is 21.6. The van der Waals surface area contributed by atoms with Gasteiger partial charge in [-0.2, -0.15) is 5.10 Å². The van der Waals surface area contributed by atoms with E-state index in [-0.39, 0.29) is 12.5 Å². The number of pyridine rings is 1. The maximum atomic E-state index is 11.8. The van der Waals surface area contributed by atoms with E-state index >= 15 is 0 Å². The summed E-state index contributed by atoms with van der Waals surface area (Å²) >= 11 is 0. The fourth-order valence-electron chi connectivity index (χ4n) is 4.35. The quantitative estimate of drug-likeness (QED) is 0.346. The minimum Gasteiger partial charge on any atom is -0.457 e. The predicted molar refractivity (Wildman–Crippen MR) is 125 cm³/mol. The molecule has 2 heterocycles. The number of aromatic nitrogens is 3. The fourth-order valence-corrected chi connectivity index (χ4v) is 4.35. The van der Waals surface area contributed by atoms with Crippen molar-refractivity contribution in [2.45, 2.75) is 18.9 Å². The summed E-state index contributed by atoms with van der Waals surface area (Å²) in [5, 5.41) is 14.2. The topological polar surface area (TPSA) is 146 Å². The number of primary amides is 2. The maximum Gasteiger partial charge on any atom is 0.233 e. The van der Waals surface area contributed by atoms with Gasteiger partial charge >= 0.3 is 0 Å². The van der Waals surface area contributed by atoms with Gasteiger partial charge in [-0.05, 0) is 47.9 Å². The molecule has 0 spiro atoms. The van der Waals surface area contributed by atoms with Crippen LogP contribution in [0.5, 0.6) is 11.5 Å². The van der Waals surface area contributed by atoms with E-state index in [1.807, 2.05) is 36.5 Å². The minimum atomic E-state index is -1.30. The van der Waals surface area contributed by atoms with Crippen molar-refractivity contribution in [2.75, 3.05) is 6.61 Å². The third-order valence-corrected chi connectivity index (χ3v) is 6.35. The molecule has 0 bridgehead atoms. The zero-order valence-corrected chi connectivity index (χ0v) is 18.2. The second-order valence-corrected chi connectivity index (χ2v) is 8.38. The van der Waals surface area contributed by atoms with Gasteiger partial charge in [-0.3, -0.25) is 19.3 Å². The Kier molecular flexibility index (Phi) is 5.25. The lowest BCUT2D eigenvalue weighted by molar-refractivity contribution is -0.133. The van der Waals surface area contributed by atoms with Crippen LogP contribution in [0.3, 0.4) is 0 Å². The number of carbonyl (C=O) groups excluding carboxylic acids is 2. The van der Waals surface area contributed by atoms with Crippen molar-refractivity contribution in [1.82, 2.24) is 14.8 Å². The van der Waals surface area contributed by atoms with Crippen LogP contribution in [-0.2, 0) is 16.1 Å². The second kappa shape index (κ2) is 8.27. The Morgan fingerprint density at radius 2 is 1.85 bits per heavy atom. The Morgan fingerprint density at radius 3 is 2.53 bits per heavy atom. The molecule has 1 fully saturated rings. The molecule has 2 aromatic carbocycles. The molecular formula is C25H23N5O4. The number of aliphatic hydroxyl groups is 1. The fraction of sp³-hybridized carbons (Fsp3) is 0.200. The van der Waals surface area contributed by atoms with Crippen molar-refractivity contribution in [2.24, 2.45) is 16.9 Å². The summed E-state index contributed by atoms with van der Waals surface area (Å²) in [7, 11) is 0. The number of hydrogen-bond donors (Lipinski definition) is 3. The van der Waals surface area contributed by atoms with E-state index in [4.69, 9.17) is 21.3 Å². The molecule has 1 aliphatic carbocycles. The van der Waals surface area contributed by atoms with Crippen LogP contribution in [0.15, 0.2) is 67.1 Å². The average molecular weight is 457 g/mol. The summed E-state index contributed by atoms with van der Waals surface area (Å²) in [4.78, 5) is 28.0. The number of fused-ring (bicyclic) bond motifs is 1. The molecule has 9 nitrogen and oxygen atoms in total. The maximum absolute atomic E-state index is 11.8. The van der Waals surface area contributed by atoms with Gasteiger partial charge in [0.05, 0.1) is 24.9 Å². The number of hydrogen-bond acceptors (Lipinski definition) is 6. The highest BCUT2D eigenvalue weighted by Gasteiger charge is 2.64. The van der Waals surface area contributed by atoms with E-state index in [0.717, 1.165) is 27.6 Å². The minimum absolute atomic E-state index is 0.0277. The number of rotatable bonds is 8. The highest BCUT2D eigenvalue weighted by atomic mass is 16.5. The van der Waals surface area contributed by atoms with Crippen LogP contribution in [0.2, 0.25) is 0 Å². The zero-order valence-electron chi connectivity index (χ0n) is 18.2. The van der Waals surface area contributed by atoms with E-state index in [2.05, 4.69) is 10.1 Å². The van der Waals surface area contributed by atoms with Crippen molar-refractivity contribution < 1.29 is 19.4 Å². The van der Waals surface area contributed by atoms with Gasteiger partial charge in [0.2, 0.25) is 11.8 Å². The van der Waals surface area contributed by atoms with Gasteiger partial charge in [0.15, 0.2) is 0 Å². The first-order valence-electron chi connectivity index (χ1n) is 10.8. The predicted octanol–water partition coefficient (Wildman–Crippen LogP) is 2.33. The van der Waals surface area contributed by atoms with Crippen molar-refractivity contribution in [3.63, 3.8) is 0 Å². The number of amides is 2. The number of ether oxygens (including phenoxy) is 1. The molecule has 1 unspecified atom stereocenters. The Hall–Kier alpha value is -4.24. The Bertz CT molecular complexity index is 1380. The molecule has 1 atom stereocenters. The Morgan fingerprint density at radius 1 is 1.09 bits per heavy atom.